The summed E-state index contributed by atoms with van der Waals surface area (Å²) in [4.78, 5) is 10.9. The van der Waals surface area contributed by atoms with Crippen LogP contribution in [0, 0.1) is 0 Å². The minimum absolute atomic E-state index is 0.104. The Balaban J connectivity index is 2.68. The maximum absolute atomic E-state index is 12.0. The van der Waals surface area contributed by atoms with Gasteiger partial charge in [0.2, 0.25) is 0 Å². The molecule has 0 saturated heterocycles. The molecule has 92 valence electrons. The number of esters is 1. The van der Waals surface area contributed by atoms with Gasteiger partial charge in [-0.05, 0) is 35.5 Å². The third-order valence-corrected chi connectivity index (χ3v) is 2.47. The second-order valence-corrected chi connectivity index (χ2v) is 4.11. The normalized spacial score (nSPS) is 11.8. The van der Waals surface area contributed by atoms with Crippen molar-refractivity contribution in [3.63, 3.8) is 0 Å². The lowest BCUT2D eigenvalue weighted by Crippen LogP contribution is -1.98. The Morgan fingerprint density at radius 3 is 2.35 bits per heavy atom. The number of ether oxygens (including phenoxy) is 1. The van der Waals surface area contributed by atoms with Gasteiger partial charge in [0.25, 0.3) is 0 Å². The zero-order chi connectivity index (χ0) is 12.9. The quantitative estimate of drug-likeness (QED) is 0.474. The first-order valence-electron chi connectivity index (χ1n) is 4.52. The maximum Gasteiger partial charge on any atom is 0.446 e. The summed E-state index contributed by atoms with van der Waals surface area (Å²) in [6, 6.07) is 5.67. The van der Waals surface area contributed by atoms with E-state index >= 15 is 0 Å². The molecule has 1 rings (SSSR count). The molecule has 0 bridgehead atoms. The van der Waals surface area contributed by atoms with Crippen LogP contribution < -0.4 is 0 Å². The first kappa shape index (κ1) is 13.6. The lowest BCUT2D eigenvalue weighted by atomic mass is 10.2. The molecule has 0 atom stereocenters. The lowest BCUT2D eigenvalue weighted by molar-refractivity contribution is -0.134. The summed E-state index contributed by atoms with van der Waals surface area (Å²) in [6.45, 7) is 0. The molecule has 1 aromatic carbocycles. The molecule has 0 N–H and O–H groups in total. The van der Waals surface area contributed by atoms with Crippen LogP contribution in [0.25, 0.3) is 6.08 Å². The van der Waals surface area contributed by atoms with Crippen LogP contribution in [-0.4, -0.2) is 18.6 Å². The van der Waals surface area contributed by atoms with Crippen molar-refractivity contribution in [1.82, 2.24) is 0 Å². The average molecular weight is 262 g/mol. The molecule has 0 radical (unpaired) electrons. The van der Waals surface area contributed by atoms with Crippen LogP contribution >= 0.6 is 11.8 Å². The number of benzene rings is 1. The van der Waals surface area contributed by atoms with E-state index in [1.807, 2.05) is 0 Å². The predicted octanol–water partition coefficient (Wildman–Crippen LogP) is 3.48. The Bertz CT molecular complexity index is 410. The van der Waals surface area contributed by atoms with Crippen molar-refractivity contribution in [2.24, 2.45) is 0 Å². The van der Waals surface area contributed by atoms with E-state index in [-0.39, 0.29) is 16.7 Å². The number of methoxy groups -OCH3 is 1. The standard InChI is InChI=1S/C11H9F3O2S/c1-16-10(15)7-4-8-2-5-9(6-3-8)17-11(12,13)14/h2-7H,1H3. The molecule has 0 heterocycles. The van der Waals surface area contributed by atoms with E-state index in [0.29, 0.717) is 5.56 Å². The Labute approximate surface area is 100 Å². The largest absolute Gasteiger partial charge is 0.466 e. The van der Waals surface area contributed by atoms with Gasteiger partial charge in [-0.1, -0.05) is 12.1 Å². The van der Waals surface area contributed by atoms with Crippen molar-refractivity contribution in [2.45, 2.75) is 10.4 Å². The van der Waals surface area contributed by atoms with Crippen LogP contribution in [-0.2, 0) is 9.53 Å². The van der Waals surface area contributed by atoms with Gasteiger partial charge in [0.05, 0.1) is 7.11 Å². The van der Waals surface area contributed by atoms with Gasteiger partial charge in [0, 0.05) is 11.0 Å². The minimum atomic E-state index is -4.29. The minimum Gasteiger partial charge on any atom is -0.466 e. The first-order valence-corrected chi connectivity index (χ1v) is 5.34. The smallest absolute Gasteiger partial charge is 0.446 e. The highest BCUT2D eigenvalue weighted by Crippen LogP contribution is 2.36. The molecule has 0 saturated carbocycles. The Morgan fingerprint density at radius 1 is 1.29 bits per heavy atom. The SMILES string of the molecule is COC(=O)C=Cc1ccc(SC(F)(F)F)cc1. The van der Waals surface area contributed by atoms with Crippen molar-refractivity contribution >= 4 is 23.8 Å². The predicted molar refractivity (Wildman–Crippen MR) is 59.4 cm³/mol. The number of thioether (sulfide) groups is 1. The summed E-state index contributed by atoms with van der Waals surface area (Å²) >= 11 is -0.177. The van der Waals surface area contributed by atoms with Gasteiger partial charge in [-0.2, -0.15) is 13.2 Å². The van der Waals surface area contributed by atoms with Gasteiger partial charge in [0.1, 0.15) is 0 Å². The van der Waals surface area contributed by atoms with E-state index in [2.05, 4.69) is 4.74 Å². The molecule has 6 heteroatoms. The van der Waals surface area contributed by atoms with E-state index in [9.17, 15) is 18.0 Å². The maximum atomic E-state index is 12.0. The number of hydrogen-bond acceptors (Lipinski definition) is 3. The highest BCUT2D eigenvalue weighted by Gasteiger charge is 2.28. The number of alkyl halides is 3. The van der Waals surface area contributed by atoms with Crippen LogP contribution in [0.3, 0.4) is 0 Å². The molecule has 17 heavy (non-hydrogen) atoms. The second kappa shape index (κ2) is 5.77. The van der Waals surface area contributed by atoms with Gasteiger partial charge in [-0.25, -0.2) is 4.79 Å². The third-order valence-electron chi connectivity index (χ3n) is 1.73. The van der Waals surface area contributed by atoms with E-state index < -0.39 is 11.5 Å². The molecule has 0 fully saturated rings. The molecule has 1 aromatic rings. The van der Waals surface area contributed by atoms with Gasteiger partial charge >= 0.3 is 11.5 Å². The number of halogens is 3. The fourth-order valence-electron chi connectivity index (χ4n) is 1.01. The molecule has 0 spiro atoms. The monoisotopic (exact) mass is 262 g/mol. The summed E-state index contributed by atoms with van der Waals surface area (Å²) < 4.78 is 40.5. The molecule has 2 nitrogen and oxygen atoms in total. The molecule has 0 aromatic heterocycles. The Kier molecular flexibility index (Phi) is 4.62. The van der Waals surface area contributed by atoms with E-state index in [4.69, 9.17) is 0 Å². The molecular weight excluding hydrogens is 253 g/mol. The lowest BCUT2D eigenvalue weighted by Gasteiger charge is -2.05. The Morgan fingerprint density at radius 2 is 1.88 bits per heavy atom. The second-order valence-electron chi connectivity index (χ2n) is 2.97. The highest BCUT2D eigenvalue weighted by atomic mass is 32.2. The fourth-order valence-corrected chi connectivity index (χ4v) is 1.55. The van der Waals surface area contributed by atoms with Crippen molar-refractivity contribution in [2.75, 3.05) is 7.11 Å². The van der Waals surface area contributed by atoms with Crippen molar-refractivity contribution in [3.8, 4) is 0 Å². The van der Waals surface area contributed by atoms with Crippen LogP contribution in [0.1, 0.15) is 5.56 Å². The van der Waals surface area contributed by atoms with Gasteiger partial charge in [0.15, 0.2) is 0 Å². The van der Waals surface area contributed by atoms with E-state index in [1.165, 1.54) is 43.5 Å². The summed E-state index contributed by atoms with van der Waals surface area (Å²) in [6.07, 6.45) is 2.67. The summed E-state index contributed by atoms with van der Waals surface area (Å²) in [5.41, 5.74) is -3.66. The topological polar surface area (TPSA) is 26.3 Å². The van der Waals surface area contributed by atoms with Crippen molar-refractivity contribution in [3.05, 3.63) is 35.9 Å². The molecule has 0 unspecified atom stereocenters. The van der Waals surface area contributed by atoms with Crippen LogP contribution in [0.5, 0.6) is 0 Å². The summed E-state index contributed by atoms with van der Waals surface area (Å²) in [5, 5.41) is 0. The fraction of sp³-hybridized carbons (Fsp3) is 0.182. The molecular formula is C11H9F3O2S. The van der Waals surface area contributed by atoms with Crippen molar-refractivity contribution < 1.29 is 22.7 Å². The number of rotatable bonds is 3. The summed E-state index contributed by atoms with van der Waals surface area (Å²) in [7, 11) is 1.25. The zero-order valence-corrected chi connectivity index (χ0v) is 9.64. The highest BCUT2D eigenvalue weighted by molar-refractivity contribution is 8.00. The van der Waals surface area contributed by atoms with E-state index in [0.717, 1.165) is 0 Å². The number of carbonyl (C=O) groups excluding carboxylic acids is 1. The average Bonchev–Trinajstić information content (AvgIpc) is 2.25. The van der Waals surface area contributed by atoms with E-state index in [1.54, 1.807) is 0 Å². The molecule has 0 amide bonds. The first-order chi connectivity index (χ1) is 7.90. The van der Waals surface area contributed by atoms with Crippen molar-refractivity contribution in [1.29, 1.82) is 0 Å². The number of carbonyl (C=O) groups is 1. The molecule has 0 aliphatic rings. The van der Waals surface area contributed by atoms with Gasteiger partial charge in [-0.3, -0.25) is 0 Å². The van der Waals surface area contributed by atoms with Crippen LogP contribution in [0.2, 0.25) is 0 Å². The van der Waals surface area contributed by atoms with Gasteiger partial charge in [-0.15, -0.1) is 0 Å². The van der Waals surface area contributed by atoms with Crippen LogP contribution in [0.4, 0.5) is 13.2 Å². The summed E-state index contributed by atoms with van der Waals surface area (Å²) in [5.74, 6) is -0.515. The molecule has 0 aliphatic heterocycles. The zero-order valence-electron chi connectivity index (χ0n) is 8.82. The number of hydrogen-bond donors (Lipinski definition) is 0. The third kappa shape index (κ3) is 5.44. The van der Waals surface area contributed by atoms with Crippen LogP contribution in [0.15, 0.2) is 35.2 Å². The van der Waals surface area contributed by atoms with Gasteiger partial charge < -0.3 is 4.74 Å². The molecule has 0 aliphatic carbocycles. The Hall–Kier alpha value is -1.43.